The molecule has 0 spiro atoms. The minimum absolute atomic E-state index is 0.269. The van der Waals surface area contributed by atoms with E-state index in [0.717, 1.165) is 63.4 Å². The number of aryl methyl sites for hydroxylation is 1. The Morgan fingerprint density at radius 1 is 0.731 bits per heavy atom. The monoisotopic (exact) mass is 362 g/mol. The third-order valence-corrected chi connectivity index (χ3v) is 4.33. The van der Waals surface area contributed by atoms with Crippen molar-refractivity contribution in [3.63, 3.8) is 0 Å². The first-order valence-corrected chi connectivity index (χ1v) is 10.1. The Morgan fingerprint density at radius 3 is 1.77 bits per heavy atom. The predicted molar refractivity (Wildman–Crippen MR) is 105 cm³/mol. The SMILES string of the molecule is CCCCCCC(=O)Oc1ccc(CC)cc1OC(=O)CCCCCC. The first-order chi connectivity index (χ1) is 12.6. The molecule has 0 aromatic heterocycles. The second-order valence-electron chi connectivity index (χ2n) is 6.70. The minimum atomic E-state index is -0.273. The van der Waals surface area contributed by atoms with Gasteiger partial charge in [-0.1, -0.05) is 65.4 Å². The van der Waals surface area contributed by atoms with Crippen LogP contribution in [0.25, 0.3) is 0 Å². The minimum Gasteiger partial charge on any atom is -0.423 e. The summed E-state index contributed by atoms with van der Waals surface area (Å²) in [6, 6.07) is 5.42. The van der Waals surface area contributed by atoms with Crippen molar-refractivity contribution in [1.29, 1.82) is 0 Å². The molecule has 0 atom stereocenters. The van der Waals surface area contributed by atoms with E-state index >= 15 is 0 Å². The van der Waals surface area contributed by atoms with Crippen LogP contribution in [0, 0.1) is 0 Å². The van der Waals surface area contributed by atoms with Crippen LogP contribution in [0.5, 0.6) is 11.5 Å². The van der Waals surface area contributed by atoms with E-state index in [4.69, 9.17) is 9.47 Å². The van der Waals surface area contributed by atoms with E-state index < -0.39 is 0 Å². The van der Waals surface area contributed by atoms with E-state index in [1.54, 1.807) is 12.1 Å². The molecule has 0 amide bonds. The van der Waals surface area contributed by atoms with Crippen molar-refractivity contribution in [2.24, 2.45) is 0 Å². The Labute approximate surface area is 158 Å². The van der Waals surface area contributed by atoms with Crippen LogP contribution in [0.2, 0.25) is 0 Å². The first kappa shape index (κ1) is 22.2. The first-order valence-electron chi connectivity index (χ1n) is 10.1. The van der Waals surface area contributed by atoms with E-state index in [0.29, 0.717) is 24.3 Å². The summed E-state index contributed by atoms with van der Waals surface area (Å²) in [6.07, 6.45) is 9.82. The number of hydrogen-bond donors (Lipinski definition) is 0. The number of benzene rings is 1. The average Bonchev–Trinajstić information content (AvgIpc) is 2.64. The molecule has 0 fully saturated rings. The highest BCUT2D eigenvalue weighted by atomic mass is 16.6. The van der Waals surface area contributed by atoms with Crippen LogP contribution in [0.15, 0.2) is 18.2 Å². The van der Waals surface area contributed by atoms with Gasteiger partial charge in [-0.2, -0.15) is 0 Å². The lowest BCUT2D eigenvalue weighted by molar-refractivity contribution is -0.137. The number of esters is 2. The highest BCUT2D eigenvalue weighted by Gasteiger charge is 2.14. The van der Waals surface area contributed by atoms with Crippen molar-refractivity contribution in [3.8, 4) is 11.5 Å². The van der Waals surface area contributed by atoms with Crippen molar-refractivity contribution >= 4 is 11.9 Å². The van der Waals surface area contributed by atoms with Crippen molar-refractivity contribution in [2.75, 3.05) is 0 Å². The third-order valence-electron chi connectivity index (χ3n) is 4.33. The maximum absolute atomic E-state index is 12.1. The highest BCUT2D eigenvalue weighted by Crippen LogP contribution is 2.30. The van der Waals surface area contributed by atoms with E-state index in [1.807, 2.05) is 13.0 Å². The zero-order chi connectivity index (χ0) is 19.2. The molecular formula is C22H34O4. The Morgan fingerprint density at radius 2 is 1.27 bits per heavy atom. The number of rotatable bonds is 13. The van der Waals surface area contributed by atoms with Gasteiger partial charge in [0.05, 0.1) is 0 Å². The Kier molecular flexibility index (Phi) is 11.4. The molecule has 0 N–H and O–H groups in total. The van der Waals surface area contributed by atoms with Crippen LogP contribution in [-0.2, 0) is 16.0 Å². The van der Waals surface area contributed by atoms with Gasteiger partial charge >= 0.3 is 11.9 Å². The van der Waals surface area contributed by atoms with E-state index in [9.17, 15) is 9.59 Å². The molecule has 0 aliphatic heterocycles. The molecule has 4 heteroatoms. The summed E-state index contributed by atoms with van der Waals surface area (Å²) in [6.45, 7) is 6.30. The maximum Gasteiger partial charge on any atom is 0.311 e. The van der Waals surface area contributed by atoms with Gasteiger partial charge in [-0.25, -0.2) is 0 Å². The molecule has 0 aliphatic rings. The Hall–Kier alpha value is -1.84. The summed E-state index contributed by atoms with van der Waals surface area (Å²) in [5, 5.41) is 0. The molecule has 0 radical (unpaired) electrons. The fraction of sp³-hybridized carbons (Fsp3) is 0.636. The highest BCUT2D eigenvalue weighted by molar-refractivity contribution is 5.76. The van der Waals surface area contributed by atoms with Crippen molar-refractivity contribution < 1.29 is 19.1 Å². The van der Waals surface area contributed by atoms with E-state index in [-0.39, 0.29) is 11.9 Å². The van der Waals surface area contributed by atoms with E-state index in [2.05, 4.69) is 13.8 Å². The molecule has 0 aliphatic carbocycles. The van der Waals surface area contributed by atoms with Crippen LogP contribution >= 0.6 is 0 Å². The molecule has 0 unspecified atom stereocenters. The van der Waals surface area contributed by atoms with Gasteiger partial charge in [-0.3, -0.25) is 9.59 Å². The number of carbonyl (C=O) groups excluding carboxylic acids is 2. The predicted octanol–water partition coefficient (Wildman–Crippen LogP) is 6.00. The molecule has 1 rings (SSSR count). The largest absolute Gasteiger partial charge is 0.423 e. The van der Waals surface area contributed by atoms with Crippen LogP contribution in [0.1, 0.15) is 90.5 Å². The summed E-state index contributed by atoms with van der Waals surface area (Å²) < 4.78 is 10.9. The number of hydrogen-bond acceptors (Lipinski definition) is 4. The molecule has 4 nitrogen and oxygen atoms in total. The lowest BCUT2D eigenvalue weighted by Crippen LogP contribution is -2.12. The fourth-order valence-corrected chi connectivity index (χ4v) is 2.68. The van der Waals surface area contributed by atoms with Crippen LogP contribution < -0.4 is 9.47 Å². The van der Waals surface area contributed by atoms with Gasteiger partial charge in [-0.15, -0.1) is 0 Å². The molecule has 26 heavy (non-hydrogen) atoms. The van der Waals surface area contributed by atoms with Gasteiger partial charge in [0.2, 0.25) is 0 Å². The third kappa shape index (κ3) is 9.02. The molecule has 0 saturated carbocycles. The summed E-state index contributed by atoms with van der Waals surface area (Å²) in [4.78, 5) is 24.1. The number of carbonyl (C=O) groups is 2. The molecular weight excluding hydrogens is 328 g/mol. The number of ether oxygens (including phenoxy) is 2. The van der Waals surface area contributed by atoms with Crippen LogP contribution in [-0.4, -0.2) is 11.9 Å². The van der Waals surface area contributed by atoms with Gasteiger partial charge in [0, 0.05) is 12.8 Å². The van der Waals surface area contributed by atoms with Gasteiger partial charge < -0.3 is 9.47 Å². The summed E-state index contributed by atoms with van der Waals surface area (Å²) in [5.74, 6) is 0.150. The summed E-state index contributed by atoms with van der Waals surface area (Å²) in [7, 11) is 0. The van der Waals surface area contributed by atoms with Crippen LogP contribution in [0.3, 0.4) is 0 Å². The quantitative estimate of drug-likeness (QED) is 0.245. The lowest BCUT2D eigenvalue weighted by atomic mass is 10.1. The summed E-state index contributed by atoms with van der Waals surface area (Å²) in [5.41, 5.74) is 1.04. The molecule has 146 valence electrons. The normalized spacial score (nSPS) is 10.6. The maximum atomic E-state index is 12.1. The standard InChI is InChI=1S/C22H34O4/c1-4-7-9-11-13-21(23)25-19-16-15-18(6-3)17-20(19)26-22(24)14-12-10-8-5-2/h15-17H,4-14H2,1-3H3. The molecule has 0 saturated heterocycles. The van der Waals surface area contributed by atoms with Gasteiger partial charge in [0.15, 0.2) is 11.5 Å². The van der Waals surface area contributed by atoms with Gasteiger partial charge in [0.25, 0.3) is 0 Å². The molecule has 1 aromatic rings. The number of unbranched alkanes of at least 4 members (excludes halogenated alkanes) is 6. The zero-order valence-corrected chi connectivity index (χ0v) is 16.6. The smallest absolute Gasteiger partial charge is 0.311 e. The molecule has 1 aromatic carbocycles. The lowest BCUT2D eigenvalue weighted by Gasteiger charge is -2.12. The van der Waals surface area contributed by atoms with Gasteiger partial charge in [0.1, 0.15) is 0 Å². The average molecular weight is 363 g/mol. The van der Waals surface area contributed by atoms with Crippen molar-refractivity contribution in [2.45, 2.75) is 91.4 Å². The Balaban J connectivity index is 2.64. The second-order valence-corrected chi connectivity index (χ2v) is 6.70. The zero-order valence-electron chi connectivity index (χ0n) is 16.6. The van der Waals surface area contributed by atoms with Crippen molar-refractivity contribution in [3.05, 3.63) is 23.8 Å². The van der Waals surface area contributed by atoms with Gasteiger partial charge in [-0.05, 0) is 37.0 Å². The fourth-order valence-electron chi connectivity index (χ4n) is 2.68. The molecule has 0 bridgehead atoms. The van der Waals surface area contributed by atoms with Crippen LogP contribution in [0.4, 0.5) is 0 Å². The Bertz CT molecular complexity index is 551. The molecule has 0 heterocycles. The second kappa shape index (κ2) is 13.4. The van der Waals surface area contributed by atoms with E-state index in [1.165, 1.54) is 0 Å². The topological polar surface area (TPSA) is 52.6 Å². The summed E-state index contributed by atoms with van der Waals surface area (Å²) >= 11 is 0. The van der Waals surface area contributed by atoms with Crippen molar-refractivity contribution in [1.82, 2.24) is 0 Å².